The Labute approximate surface area is 165 Å². The van der Waals surface area contributed by atoms with Gasteiger partial charge in [0.2, 0.25) is 5.91 Å². The van der Waals surface area contributed by atoms with E-state index in [1.165, 1.54) is 7.11 Å². The van der Waals surface area contributed by atoms with E-state index < -0.39 is 23.8 Å². The van der Waals surface area contributed by atoms with Gasteiger partial charge in [0.25, 0.3) is 5.91 Å². The Kier molecular flexibility index (Phi) is 9.84. The molecule has 2 N–H and O–H groups in total. The van der Waals surface area contributed by atoms with Crippen molar-refractivity contribution in [1.29, 1.82) is 0 Å². The highest BCUT2D eigenvalue weighted by Crippen LogP contribution is 2.28. The standard InChI is InChI=1S/C20H30N2O6/c1-6-27-16-9-8-14(11-17(16)28-7-2)19(24)21-12-18(23)22-15(10-13(3)4)20(25)26-5/h8-9,11,13,15H,6-7,10,12H2,1-5H3,(H,21,24)(H,22,23). The molecule has 0 bridgehead atoms. The lowest BCUT2D eigenvalue weighted by molar-refractivity contribution is -0.145. The molecule has 0 spiro atoms. The first-order chi connectivity index (χ1) is 13.3. The van der Waals surface area contributed by atoms with Crippen molar-refractivity contribution in [2.45, 2.75) is 40.2 Å². The van der Waals surface area contributed by atoms with Crippen molar-refractivity contribution in [2.75, 3.05) is 26.9 Å². The van der Waals surface area contributed by atoms with E-state index in [4.69, 9.17) is 14.2 Å². The zero-order valence-electron chi connectivity index (χ0n) is 17.2. The summed E-state index contributed by atoms with van der Waals surface area (Å²) in [5.74, 6) is -0.212. The zero-order valence-corrected chi connectivity index (χ0v) is 17.2. The number of benzene rings is 1. The average molecular weight is 394 g/mol. The fourth-order valence-corrected chi connectivity index (χ4v) is 2.53. The maximum Gasteiger partial charge on any atom is 0.328 e. The van der Waals surface area contributed by atoms with Gasteiger partial charge in [-0.25, -0.2) is 4.79 Å². The molecule has 8 heteroatoms. The number of esters is 1. The van der Waals surface area contributed by atoms with Crippen LogP contribution in [0.3, 0.4) is 0 Å². The van der Waals surface area contributed by atoms with Crippen LogP contribution in [-0.2, 0) is 14.3 Å². The van der Waals surface area contributed by atoms with Crippen molar-refractivity contribution < 1.29 is 28.6 Å². The maximum atomic E-state index is 12.3. The molecule has 1 aromatic rings. The monoisotopic (exact) mass is 394 g/mol. The molecule has 1 atom stereocenters. The van der Waals surface area contributed by atoms with E-state index in [9.17, 15) is 14.4 Å². The highest BCUT2D eigenvalue weighted by Gasteiger charge is 2.22. The van der Waals surface area contributed by atoms with Gasteiger partial charge in [-0.1, -0.05) is 13.8 Å². The smallest absolute Gasteiger partial charge is 0.328 e. The van der Waals surface area contributed by atoms with Crippen LogP contribution in [0, 0.1) is 5.92 Å². The SMILES string of the molecule is CCOc1ccc(C(=O)NCC(=O)NC(CC(C)C)C(=O)OC)cc1OCC. The Hall–Kier alpha value is -2.77. The van der Waals surface area contributed by atoms with Gasteiger partial charge in [-0.2, -0.15) is 0 Å². The number of hydrogen-bond donors (Lipinski definition) is 2. The molecule has 0 aliphatic rings. The Bertz CT molecular complexity index is 675. The summed E-state index contributed by atoms with van der Waals surface area (Å²) in [5.41, 5.74) is 0.339. The van der Waals surface area contributed by atoms with Gasteiger partial charge in [-0.05, 0) is 44.4 Å². The van der Waals surface area contributed by atoms with Crippen molar-refractivity contribution in [2.24, 2.45) is 5.92 Å². The number of carbonyl (C=O) groups is 3. The summed E-state index contributed by atoms with van der Waals surface area (Å²) >= 11 is 0. The second-order valence-electron chi connectivity index (χ2n) is 6.48. The van der Waals surface area contributed by atoms with Crippen LogP contribution in [-0.4, -0.2) is 50.7 Å². The third kappa shape index (κ3) is 7.46. The van der Waals surface area contributed by atoms with Crippen molar-refractivity contribution in [3.05, 3.63) is 23.8 Å². The quantitative estimate of drug-likeness (QED) is 0.556. The molecule has 8 nitrogen and oxygen atoms in total. The summed E-state index contributed by atoms with van der Waals surface area (Å²) in [6, 6.07) is 4.07. The van der Waals surface area contributed by atoms with Crippen LogP contribution in [0.4, 0.5) is 0 Å². The summed E-state index contributed by atoms with van der Waals surface area (Å²) in [7, 11) is 1.27. The zero-order chi connectivity index (χ0) is 21.1. The van der Waals surface area contributed by atoms with Crippen LogP contribution in [0.5, 0.6) is 11.5 Å². The number of nitrogens with one attached hydrogen (secondary N) is 2. The van der Waals surface area contributed by atoms with Gasteiger partial charge < -0.3 is 24.8 Å². The van der Waals surface area contributed by atoms with Crippen LogP contribution in [0.25, 0.3) is 0 Å². The summed E-state index contributed by atoms with van der Waals surface area (Å²) in [4.78, 5) is 36.2. The second kappa shape index (κ2) is 11.8. The number of amides is 2. The number of ether oxygens (including phenoxy) is 3. The topological polar surface area (TPSA) is 103 Å². The summed E-state index contributed by atoms with van der Waals surface area (Å²) < 4.78 is 15.7. The Morgan fingerprint density at radius 1 is 1.04 bits per heavy atom. The molecule has 1 rings (SSSR count). The molecule has 156 valence electrons. The van der Waals surface area contributed by atoms with Gasteiger partial charge in [0.05, 0.1) is 26.9 Å². The molecule has 1 unspecified atom stereocenters. The lowest BCUT2D eigenvalue weighted by Gasteiger charge is -2.18. The molecule has 1 aromatic carbocycles. The molecule has 0 saturated heterocycles. The molecule has 0 saturated carbocycles. The first-order valence-electron chi connectivity index (χ1n) is 9.37. The molecule has 0 aliphatic carbocycles. The lowest BCUT2D eigenvalue weighted by Crippen LogP contribution is -2.46. The summed E-state index contributed by atoms with van der Waals surface area (Å²) in [6.07, 6.45) is 0.447. The molecule has 0 heterocycles. The Morgan fingerprint density at radius 3 is 2.25 bits per heavy atom. The van der Waals surface area contributed by atoms with Crippen LogP contribution in [0.2, 0.25) is 0 Å². The first-order valence-corrected chi connectivity index (χ1v) is 9.37. The van der Waals surface area contributed by atoms with E-state index in [1.54, 1.807) is 18.2 Å². The molecule has 0 aromatic heterocycles. The highest BCUT2D eigenvalue weighted by atomic mass is 16.5. The minimum Gasteiger partial charge on any atom is -0.490 e. The lowest BCUT2D eigenvalue weighted by atomic mass is 10.0. The number of rotatable bonds is 11. The normalized spacial score (nSPS) is 11.5. The molecule has 28 heavy (non-hydrogen) atoms. The van der Waals surface area contributed by atoms with E-state index in [2.05, 4.69) is 10.6 Å². The fraction of sp³-hybridized carbons (Fsp3) is 0.550. The highest BCUT2D eigenvalue weighted by molar-refractivity contribution is 5.97. The number of carbonyl (C=O) groups excluding carboxylic acids is 3. The van der Waals surface area contributed by atoms with E-state index in [0.717, 1.165) is 0 Å². The first kappa shape index (κ1) is 23.3. The molecule has 0 aliphatic heterocycles. The van der Waals surface area contributed by atoms with Gasteiger partial charge in [-0.15, -0.1) is 0 Å². The van der Waals surface area contributed by atoms with Gasteiger partial charge in [0.1, 0.15) is 6.04 Å². The van der Waals surface area contributed by atoms with Crippen LogP contribution in [0.1, 0.15) is 44.5 Å². The summed E-state index contributed by atoms with van der Waals surface area (Å²) in [5, 5.41) is 5.13. The maximum absolute atomic E-state index is 12.3. The van der Waals surface area contributed by atoms with Gasteiger partial charge in [-0.3, -0.25) is 9.59 Å². The molecule has 0 radical (unpaired) electrons. The minimum absolute atomic E-state index is 0.194. The number of hydrogen-bond acceptors (Lipinski definition) is 6. The molecular formula is C20H30N2O6. The van der Waals surface area contributed by atoms with Crippen molar-refractivity contribution in [1.82, 2.24) is 10.6 Å². The van der Waals surface area contributed by atoms with Crippen LogP contribution < -0.4 is 20.1 Å². The van der Waals surface area contributed by atoms with Crippen molar-refractivity contribution in [3.63, 3.8) is 0 Å². The third-order valence-corrected chi connectivity index (χ3v) is 3.74. The third-order valence-electron chi connectivity index (χ3n) is 3.74. The molecular weight excluding hydrogens is 364 g/mol. The summed E-state index contributed by atoms with van der Waals surface area (Å²) in [6.45, 7) is 8.21. The van der Waals surface area contributed by atoms with Gasteiger partial charge in [0.15, 0.2) is 11.5 Å². The second-order valence-corrected chi connectivity index (χ2v) is 6.48. The van der Waals surface area contributed by atoms with E-state index in [1.807, 2.05) is 27.7 Å². The molecule has 0 fully saturated rings. The predicted molar refractivity (Wildman–Crippen MR) is 105 cm³/mol. The van der Waals surface area contributed by atoms with E-state index in [-0.39, 0.29) is 12.5 Å². The predicted octanol–water partition coefficient (Wildman–Crippen LogP) is 1.92. The van der Waals surface area contributed by atoms with Crippen molar-refractivity contribution >= 4 is 17.8 Å². The largest absolute Gasteiger partial charge is 0.490 e. The van der Waals surface area contributed by atoms with Crippen LogP contribution in [0.15, 0.2) is 18.2 Å². The van der Waals surface area contributed by atoms with Gasteiger partial charge >= 0.3 is 5.97 Å². The Balaban J connectivity index is 2.70. The van der Waals surface area contributed by atoms with E-state index >= 15 is 0 Å². The number of methoxy groups -OCH3 is 1. The van der Waals surface area contributed by atoms with Crippen molar-refractivity contribution in [3.8, 4) is 11.5 Å². The fourth-order valence-electron chi connectivity index (χ4n) is 2.53. The van der Waals surface area contributed by atoms with Gasteiger partial charge in [0, 0.05) is 5.56 Å². The molecule has 2 amide bonds. The van der Waals surface area contributed by atoms with E-state index in [0.29, 0.717) is 36.7 Å². The average Bonchev–Trinajstić information content (AvgIpc) is 2.66. The van der Waals surface area contributed by atoms with Crippen LogP contribution >= 0.6 is 0 Å². The Morgan fingerprint density at radius 2 is 1.68 bits per heavy atom. The minimum atomic E-state index is -0.746.